The van der Waals surface area contributed by atoms with E-state index in [0.717, 1.165) is 30.6 Å². The van der Waals surface area contributed by atoms with Gasteiger partial charge >= 0.3 is 0 Å². The van der Waals surface area contributed by atoms with E-state index >= 15 is 0 Å². The Morgan fingerprint density at radius 1 is 1.50 bits per heavy atom. The molecule has 1 aromatic rings. The Balaban J connectivity index is 2.35. The van der Waals surface area contributed by atoms with Crippen LogP contribution in [0.2, 0.25) is 0 Å². The molecule has 2 rings (SSSR count). The van der Waals surface area contributed by atoms with Gasteiger partial charge in [-0.3, -0.25) is 0 Å². The quantitative estimate of drug-likeness (QED) is 0.783. The maximum atomic E-state index is 13.4. The predicted octanol–water partition coefficient (Wildman–Crippen LogP) is 2.58. The van der Waals surface area contributed by atoms with E-state index in [1.165, 1.54) is 6.07 Å². The zero-order valence-corrected chi connectivity index (χ0v) is 8.27. The molecule has 0 saturated carbocycles. The molecule has 0 atom stereocenters. The molecule has 0 unspecified atom stereocenters. The third-order valence-electron chi connectivity index (χ3n) is 2.40. The van der Waals surface area contributed by atoms with Crippen LogP contribution in [0.25, 0.3) is 0 Å². The summed E-state index contributed by atoms with van der Waals surface area (Å²) in [5.74, 6) is 0.0925. The maximum absolute atomic E-state index is 13.4. The number of fused-ring (bicyclic) bond motifs is 1. The van der Waals surface area contributed by atoms with Gasteiger partial charge in [0.2, 0.25) is 0 Å². The molecule has 0 spiro atoms. The van der Waals surface area contributed by atoms with Crippen LogP contribution in [-0.4, -0.2) is 13.2 Å². The fraction of sp³-hybridized carbons (Fsp3) is 0.455. The monoisotopic (exact) mass is 195 g/mol. The van der Waals surface area contributed by atoms with Crippen molar-refractivity contribution >= 4 is 5.69 Å². The van der Waals surface area contributed by atoms with Gasteiger partial charge in [-0.05, 0) is 31.4 Å². The highest BCUT2D eigenvalue weighted by atomic mass is 19.1. The van der Waals surface area contributed by atoms with Crippen molar-refractivity contribution in [3.05, 3.63) is 23.5 Å². The second kappa shape index (κ2) is 3.86. The summed E-state index contributed by atoms with van der Waals surface area (Å²) in [6, 6.07) is 3.33. The maximum Gasteiger partial charge on any atom is 0.167 e. The van der Waals surface area contributed by atoms with Gasteiger partial charge in [-0.1, -0.05) is 0 Å². The van der Waals surface area contributed by atoms with Crippen LogP contribution in [-0.2, 0) is 6.42 Å². The van der Waals surface area contributed by atoms with Gasteiger partial charge in [0.1, 0.15) is 0 Å². The summed E-state index contributed by atoms with van der Waals surface area (Å²) >= 11 is 0. The summed E-state index contributed by atoms with van der Waals surface area (Å²) < 4.78 is 18.6. The average Bonchev–Trinajstić information content (AvgIpc) is 2.19. The van der Waals surface area contributed by atoms with Crippen molar-refractivity contribution in [2.45, 2.75) is 19.8 Å². The van der Waals surface area contributed by atoms with Gasteiger partial charge in [0, 0.05) is 18.3 Å². The van der Waals surface area contributed by atoms with Crippen LogP contribution in [0.3, 0.4) is 0 Å². The molecule has 76 valence electrons. The molecule has 1 aliphatic rings. The van der Waals surface area contributed by atoms with E-state index in [-0.39, 0.29) is 5.82 Å². The largest absolute Gasteiger partial charge is 0.491 e. The highest BCUT2D eigenvalue weighted by Crippen LogP contribution is 2.29. The molecule has 3 heteroatoms. The predicted molar refractivity (Wildman–Crippen MR) is 54.4 cm³/mol. The topological polar surface area (TPSA) is 21.3 Å². The van der Waals surface area contributed by atoms with Crippen LogP contribution in [0.5, 0.6) is 5.75 Å². The minimum Gasteiger partial charge on any atom is -0.491 e. The van der Waals surface area contributed by atoms with Gasteiger partial charge in [0.15, 0.2) is 11.6 Å². The second-order valence-electron chi connectivity index (χ2n) is 3.40. The number of halogens is 1. The number of benzene rings is 1. The van der Waals surface area contributed by atoms with Crippen LogP contribution in [0, 0.1) is 5.82 Å². The first kappa shape index (κ1) is 9.31. The van der Waals surface area contributed by atoms with Gasteiger partial charge < -0.3 is 10.1 Å². The number of rotatable bonds is 2. The number of hydrogen-bond acceptors (Lipinski definition) is 2. The molecular formula is C11H14FNO. The lowest BCUT2D eigenvalue weighted by atomic mass is 10.0. The first-order valence-electron chi connectivity index (χ1n) is 5.00. The number of anilines is 1. The number of ether oxygens (including phenoxy) is 1. The molecule has 2 nitrogen and oxygen atoms in total. The van der Waals surface area contributed by atoms with Crippen molar-refractivity contribution in [3.63, 3.8) is 0 Å². The summed E-state index contributed by atoms with van der Waals surface area (Å²) in [4.78, 5) is 0. The third kappa shape index (κ3) is 1.67. The normalized spacial score (nSPS) is 14.4. The minimum atomic E-state index is -0.278. The molecule has 0 amide bonds. The summed E-state index contributed by atoms with van der Waals surface area (Å²) in [6.07, 6.45) is 2.10. The molecule has 0 bridgehead atoms. The Morgan fingerprint density at radius 2 is 2.36 bits per heavy atom. The minimum absolute atomic E-state index is 0.278. The first-order chi connectivity index (χ1) is 6.81. The standard InChI is InChI=1S/C11H14FNO/c1-2-14-11-6-8-4-3-5-13-10(8)7-9(11)12/h6-7,13H,2-5H2,1H3. The van der Waals surface area contributed by atoms with Crippen LogP contribution in [0.15, 0.2) is 12.1 Å². The van der Waals surface area contributed by atoms with Gasteiger partial charge in [-0.15, -0.1) is 0 Å². The first-order valence-corrected chi connectivity index (χ1v) is 5.00. The number of hydrogen-bond donors (Lipinski definition) is 1. The average molecular weight is 195 g/mol. The van der Waals surface area contributed by atoms with Crippen LogP contribution < -0.4 is 10.1 Å². The lowest BCUT2D eigenvalue weighted by Crippen LogP contribution is -2.12. The summed E-state index contributed by atoms with van der Waals surface area (Å²) in [6.45, 7) is 3.29. The van der Waals surface area contributed by atoms with E-state index < -0.39 is 0 Å². The van der Waals surface area contributed by atoms with Crippen molar-refractivity contribution in [1.82, 2.24) is 0 Å². The highest BCUT2D eigenvalue weighted by molar-refractivity contribution is 5.56. The molecule has 0 aromatic heterocycles. The zero-order valence-electron chi connectivity index (χ0n) is 8.27. The molecule has 0 fully saturated rings. The summed E-state index contributed by atoms with van der Waals surface area (Å²) in [5.41, 5.74) is 2.07. The van der Waals surface area contributed by atoms with Gasteiger partial charge in [0.25, 0.3) is 0 Å². The lowest BCUT2D eigenvalue weighted by Gasteiger charge is -2.19. The van der Waals surface area contributed by atoms with Gasteiger partial charge in [-0.2, -0.15) is 0 Å². The molecule has 1 aromatic carbocycles. The van der Waals surface area contributed by atoms with E-state index in [0.29, 0.717) is 12.4 Å². The summed E-state index contributed by atoms with van der Waals surface area (Å²) in [5, 5.41) is 3.18. The lowest BCUT2D eigenvalue weighted by molar-refractivity contribution is 0.321. The van der Waals surface area contributed by atoms with Gasteiger partial charge in [-0.25, -0.2) is 4.39 Å². The molecule has 0 radical (unpaired) electrons. The van der Waals surface area contributed by atoms with E-state index in [1.54, 1.807) is 6.07 Å². The van der Waals surface area contributed by atoms with Gasteiger partial charge in [0.05, 0.1) is 6.61 Å². The van der Waals surface area contributed by atoms with E-state index in [4.69, 9.17) is 4.74 Å². The van der Waals surface area contributed by atoms with E-state index in [9.17, 15) is 4.39 Å². The third-order valence-corrected chi connectivity index (χ3v) is 2.40. The van der Waals surface area contributed by atoms with Crippen molar-refractivity contribution in [1.29, 1.82) is 0 Å². The number of aryl methyl sites for hydroxylation is 1. The Hall–Kier alpha value is -1.25. The van der Waals surface area contributed by atoms with E-state index in [1.807, 2.05) is 6.92 Å². The van der Waals surface area contributed by atoms with Crippen LogP contribution >= 0.6 is 0 Å². The molecule has 1 aliphatic heterocycles. The molecule has 14 heavy (non-hydrogen) atoms. The molecule has 0 aliphatic carbocycles. The second-order valence-corrected chi connectivity index (χ2v) is 3.40. The smallest absolute Gasteiger partial charge is 0.167 e. The zero-order chi connectivity index (χ0) is 9.97. The molecule has 1 N–H and O–H groups in total. The van der Waals surface area contributed by atoms with Crippen LogP contribution in [0.1, 0.15) is 18.9 Å². The molecule has 1 heterocycles. The number of nitrogens with one attached hydrogen (secondary N) is 1. The Bertz CT molecular complexity index is 338. The van der Waals surface area contributed by atoms with Crippen molar-refractivity contribution < 1.29 is 9.13 Å². The Labute approximate surface area is 83.1 Å². The summed E-state index contributed by atoms with van der Waals surface area (Å²) in [7, 11) is 0. The Kier molecular flexibility index (Phi) is 2.57. The van der Waals surface area contributed by atoms with Crippen molar-refractivity contribution in [2.75, 3.05) is 18.5 Å². The van der Waals surface area contributed by atoms with Crippen molar-refractivity contribution in [3.8, 4) is 5.75 Å². The fourth-order valence-electron chi connectivity index (χ4n) is 1.73. The molecular weight excluding hydrogens is 181 g/mol. The Morgan fingerprint density at radius 3 is 3.14 bits per heavy atom. The van der Waals surface area contributed by atoms with E-state index in [2.05, 4.69) is 5.32 Å². The van der Waals surface area contributed by atoms with Crippen molar-refractivity contribution in [2.24, 2.45) is 0 Å². The SMILES string of the molecule is CCOc1cc2c(cc1F)NCCC2. The fourth-order valence-corrected chi connectivity index (χ4v) is 1.73. The highest BCUT2D eigenvalue weighted by Gasteiger charge is 2.13. The van der Waals surface area contributed by atoms with Crippen LogP contribution in [0.4, 0.5) is 10.1 Å². The molecule has 0 saturated heterocycles.